The standard InChI is InChI=1S/C19H23N3O2/c1-3-21(4-2)13-14-22(24)17-11-7-5-9-15(17)19(23)20-16-10-6-8-12-18(16)22/h5-12H,3-4,13-14H2,1-2H3,(H,20,23). The maximum Gasteiger partial charge on any atom is 0.261 e. The van der Waals surface area contributed by atoms with Crippen molar-refractivity contribution < 1.29 is 4.79 Å². The molecule has 0 bridgehead atoms. The molecule has 0 aliphatic carbocycles. The summed E-state index contributed by atoms with van der Waals surface area (Å²) in [5.41, 5.74) is 2.13. The SMILES string of the molecule is CCN(CC)CC[N+]1([O-])c2ccccc2NC(=O)c2ccccc21. The number of hydrogen-bond acceptors (Lipinski definition) is 3. The summed E-state index contributed by atoms with van der Waals surface area (Å²) in [4.78, 5) is 14.8. The largest absolute Gasteiger partial charge is 0.622 e. The van der Waals surface area contributed by atoms with Crippen LogP contribution in [0.25, 0.3) is 0 Å². The van der Waals surface area contributed by atoms with E-state index in [9.17, 15) is 10.0 Å². The Labute approximate surface area is 142 Å². The monoisotopic (exact) mass is 325 g/mol. The molecule has 1 N–H and O–H groups in total. The number of para-hydroxylation sites is 3. The quantitative estimate of drug-likeness (QED) is 0.673. The fourth-order valence-electron chi connectivity index (χ4n) is 3.26. The third-order valence-electron chi connectivity index (χ3n) is 4.70. The predicted molar refractivity (Wildman–Crippen MR) is 98.3 cm³/mol. The van der Waals surface area contributed by atoms with Crippen molar-refractivity contribution in [1.82, 2.24) is 9.55 Å². The number of likely N-dealkylation sites (N-methyl/N-ethyl adjacent to an activating group) is 1. The van der Waals surface area contributed by atoms with Crippen molar-refractivity contribution in [3.05, 3.63) is 59.3 Å². The molecule has 1 unspecified atom stereocenters. The molecule has 126 valence electrons. The lowest BCUT2D eigenvalue weighted by Gasteiger charge is -2.43. The molecule has 1 aliphatic heterocycles. The lowest BCUT2D eigenvalue weighted by molar-refractivity contribution is 0.102. The molecular formula is C19H23N3O2. The van der Waals surface area contributed by atoms with Gasteiger partial charge in [0.1, 0.15) is 17.8 Å². The molecule has 2 aromatic rings. The second-order valence-electron chi connectivity index (χ2n) is 5.98. The zero-order valence-electron chi connectivity index (χ0n) is 14.2. The maximum atomic E-state index is 14.0. The van der Waals surface area contributed by atoms with Gasteiger partial charge in [-0.05, 0) is 25.2 Å². The smallest absolute Gasteiger partial charge is 0.261 e. The number of hydroxylamine groups is 1. The van der Waals surface area contributed by atoms with Crippen LogP contribution >= 0.6 is 0 Å². The Morgan fingerprint density at radius 3 is 2.33 bits per heavy atom. The fraction of sp³-hybridized carbons (Fsp3) is 0.316. The minimum Gasteiger partial charge on any atom is -0.622 e. The van der Waals surface area contributed by atoms with Crippen LogP contribution < -0.4 is 9.96 Å². The molecule has 1 atom stereocenters. The molecule has 0 spiro atoms. The number of rotatable bonds is 5. The van der Waals surface area contributed by atoms with Crippen LogP contribution in [0.5, 0.6) is 0 Å². The van der Waals surface area contributed by atoms with Crippen molar-refractivity contribution in [2.24, 2.45) is 0 Å². The molecule has 0 saturated carbocycles. The molecule has 1 amide bonds. The first-order valence-electron chi connectivity index (χ1n) is 8.42. The van der Waals surface area contributed by atoms with Crippen molar-refractivity contribution in [3.8, 4) is 0 Å². The normalized spacial score (nSPS) is 19.4. The number of amides is 1. The van der Waals surface area contributed by atoms with Crippen molar-refractivity contribution in [1.29, 1.82) is 0 Å². The summed E-state index contributed by atoms with van der Waals surface area (Å²) < 4.78 is -0.623. The van der Waals surface area contributed by atoms with E-state index in [2.05, 4.69) is 24.1 Å². The first-order chi connectivity index (χ1) is 11.6. The van der Waals surface area contributed by atoms with Crippen molar-refractivity contribution in [2.45, 2.75) is 13.8 Å². The van der Waals surface area contributed by atoms with Crippen LogP contribution in [0.2, 0.25) is 0 Å². The Bertz CT molecular complexity index is 743. The fourth-order valence-corrected chi connectivity index (χ4v) is 3.26. The zero-order chi connectivity index (χ0) is 17.2. The Morgan fingerprint density at radius 1 is 1.00 bits per heavy atom. The molecule has 2 aromatic carbocycles. The zero-order valence-corrected chi connectivity index (χ0v) is 14.2. The van der Waals surface area contributed by atoms with Crippen LogP contribution in [0.15, 0.2) is 48.5 Å². The van der Waals surface area contributed by atoms with Crippen molar-refractivity contribution >= 4 is 23.0 Å². The number of fused-ring (bicyclic) bond motifs is 2. The van der Waals surface area contributed by atoms with Crippen LogP contribution in [0.1, 0.15) is 24.2 Å². The van der Waals surface area contributed by atoms with E-state index in [1.165, 1.54) is 0 Å². The Morgan fingerprint density at radius 2 is 1.62 bits per heavy atom. The van der Waals surface area contributed by atoms with Gasteiger partial charge in [-0.3, -0.25) is 14.3 Å². The molecule has 24 heavy (non-hydrogen) atoms. The number of nitrogens with one attached hydrogen (secondary N) is 1. The summed E-state index contributed by atoms with van der Waals surface area (Å²) in [5.74, 6) is -0.225. The highest BCUT2D eigenvalue weighted by atomic mass is 16.5. The molecule has 0 radical (unpaired) electrons. The van der Waals surface area contributed by atoms with E-state index in [1.54, 1.807) is 24.3 Å². The molecule has 5 heteroatoms. The summed E-state index contributed by atoms with van der Waals surface area (Å²) in [6.45, 7) is 7.02. The molecule has 1 heterocycles. The van der Waals surface area contributed by atoms with Crippen LogP contribution in [0.4, 0.5) is 17.1 Å². The predicted octanol–water partition coefficient (Wildman–Crippen LogP) is 3.73. The highest BCUT2D eigenvalue weighted by molar-refractivity contribution is 6.11. The summed E-state index contributed by atoms with van der Waals surface area (Å²) in [5, 5.41) is 16.9. The van der Waals surface area contributed by atoms with Gasteiger partial charge in [0.2, 0.25) is 0 Å². The van der Waals surface area contributed by atoms with Crippen LogP contribution in [0, 0.1) is 5.21 Å². The van der Waals surface area contributed by atoms with Gasteiger partial charge >= 0.3 is 0 Å². The minimum absolute atomic E-state index is 0.225. The number of carbonyl (C=O) groups is 1. The molecule has 3 rings (SSSR count). The number of quaternary nitrogens is 1. The van der Waals surface area contributed by atoms with Gasteiger partial charge in [-0.1, -0.05) is 38.1 Å². The Hall–Kier alpha value is -2.21. The highest BCUT2D eigenvalue weighted by Crippen LogP contribution is 2.43. The molecule has 0 fully saturated rings. The lowest BCUT2D eigenvalue weighted by atomic mass is 10.1. The van der Waals surface area contributed by atoms with E-state index < -0.39 is 4.65 Å². The average Bonchev–Trinajstić information content (AvgIpc) is 2.71. The minimum atomic E-state index is -0.623. The van der Waals surface area contributed by atoms with Gasteiger partial charge in [-0.15, -0.1) is 0 Å². The van der Waals surface area contributed by atoms with Gasteiger partial charge in [0, 0.05) is 18.7 Å². The van der Waals surface area contributed by atoms with Gasteiger partial charge in [0.25, 0.3) is 5.91 Å². The van der Waals surface area contributed by atoms with Crippen LogP contribution in [-0.4, -0.2) is 37.0 Å². The Balaban J connectivity index is 2.12. The molecule has 5 nitrogen and oxygen atoms in total. The van der Waals surface area contributed by atoms with Gasteiger partial charge in [-0.25, -0.2) is 0 Å². The number of hydrogen-bond donors (Lipinski definition) is 1. The van der Waals surface area contributed by atoms with Crippen LogP contribution in [0.3, 0.4) is 0 Å². The van der Waals surface area contributed by atoms with E-state index in [0.717, 1.165) is 13.1 Å². The number of benzene rings is 2. The number of anilines is 1. The maximum absolute atomic E-state index is 14.0. The Kier molecular flexibility index (Phi) is 4.66. The van der Waals surface area contributed by atoms with E-state index in [-0.39, 0.29) is 5.91 Å². The average molecular weight is 325 g/mol. The van der Waals surface area contributed by atoms with Crippen molar-refractivity contribution in [2.75, 3.05) is 31.5 Å². The summed E-state index contributed by atoms with van der Waals surface area (Å²) in [6, 6.07) is 14.4. The second-order valence-corrected chi connectivity index (χ2v) is 5.98. The molecule has 1 aliphatic rings. The third kappa shape index (κ3) is 2.82. The van der Waals surface area contributed by atoms with E-state index in [4.69, 9.17) is 0 Å². The molecule has 0 aromatic heterocycles. The van der Waals surface area contributed by atoms with Crippen LogP contribution in [-0.2, 0) is 0 Å². The summed E-state index contributed by atoms with van der Waals surface area (Å²) >= 11 is 0. The van der Waals surface area contributed by atoms with Gasteiger partial charge < -0.3 is 10.5 Å². The molecular weight excluding hydrogens is 302 g/mol. The number of carbonyl (C=O) groups excluding carboxylic acids is 1. The first-order valence-corrected chi connectivity index (χ1v) is 8.42. The van der Waals surface area contributed by atoms with Gasteiger partial charge in [0.05, 0.1) is 0 Å². The number of nitrogens with zero attached hydrogens (tertiary/aromatic N) is 2. The molecule has 0 saturated heterocycles. The highest BCUT2D eigenvalue weighted by Gasteiger charge is 2.34. The third-order valence-corrected chi connectivity index (χ3v) is 4.70. The first kappa shape index (κ1) is 16.6. The van der Waals surface area contributed by atoms with E-state index in [1.807, 2.05) is 24.3 Å². The second kappa shape index (κ2) is 6.73. The van der Waals surface area contributed by atoms with E-state index in [0.29, 0.717) is 35.7 Å². The van der Waals surface area contributed by atoms with Crippen molar-refractivity contribution in [3.63, 3.8) is 0 Å². The van der Waals surface area contributed by atoms with Gasteiger partial charge in [0.15, 0.2) is 11.4 Å². The summed E-state index contributed by atoms with van der Waals surface area (Å²) in [6.07, 6.45) is 0. The topological polar surface area (TPSA) is 55.4 Å². The summed E-state index contributed by atoms with van der Waals surface area (Å²) in [7, 11) is 0. The van der Waals surface area contributed by atoms with E-state index >= 15 is 0 Å². The lowest BCUT2D eigenvalue weighted by Crippen LogP contribution is -2.44. The van der Waals surface area contributed by atoms with Gasteiger partial charge in [-0.2, -0.15) is 0 Å².